The van der Waals surface area contributed by atoms with Crippen molar-refractivity contribution in [3.63, 3.8) is 0 Å². The first-order valence-corrected chi connectivity index (χ1v) is 7.07. The normalized spacial score (nSPS) is 14.1. The maximum absolute atomic E-state index is 11.2. The second-order valence-electron chi connectivity index (χ2n) is 5.48. The van der Waals surface area contributed by atoms with Crippen LogP contribution in [0.5, 0.6) is 0 Å². The van der Waals surface area contributed by atoms with Crippen molar-refractivity contribution in [1.82, 2.24) is 9.55 Å². The molecule has 1 aliphatic rings. The molecular formula is C16H19N3O. The second-order valence-corrected chi connectivity index (χ2v) is 5.48. The number of nitrogens with zero attached hydrogens (tertiary/aromatic N) is 2. The molecule has 1 aromatic carbocycles. The summed E-state index contributed by atoms with van der Waals surface area (Å²) in [4.78, 5) is 15.7. The zero-order chi connectivity index (χ0) is 14.1. The quantitative estimate of drug-likeness (QED) is 0.928. The predicted molar refractivity (Wildman–Crippen MR) is 77.7 cm³/mol. The number of carbonyl (C=O) groups excluding carboxylic acids is 1. The number of primary amides is 1. The lowest BCUT2D eigenvalue weighted by atomic mass is 10.0. The molecule has 4 heteroatoms. The summed E-state index contributed by atoms with van der Waals surface area (Å²) < 4.78 is 2.24. The lowest BCUT2D eigenvalue weighted by Gasteiger charge is -2.15. The average Bonchev–Trinajstić information content (AvgIpc) is 2.84. The van der Waals surface area contributed by atoms with E-state index >= 15 is 0 Å². The van der Waals surface area contributed by atoms with Gasteiger partial charge in [-0.3, -0.25) is 4.79 Å². The Morgan fingerprint density at radius 2 is 2.15 bits per heavy atom. The van der Waals surface area contributed by atoms with Crippen molar-refractivity contribution in [3.05, 3.63) is 52.6 Å². The summed E-state index contributed by atoms with van der Waals surface area (Å²) in [6.07, 6.45) is 6.65. The van der Waals surface area contributed by atoms with Gasteiger partial charge in [-0.15, -0.1) is 0 Å². The Balaban J connectivity index is 1.88. The fourth-order valence-electron chi connectivity index (χ4n) is 2.88. The number of hydrogen-bond acceptors (Lipinski definition) is 2. The summed E-state index contributed by atoms with van der Waals surface area (Å²) in [7, 11) is 0. The Morgan fingerprint density at radius 3 is 2.90 bits per heavy atom. The third-order valence-corrected chi connectivity index (χ3v) is 4.08. The van der Waals surface area contributed by atoms with E-state index < -0.39 is 0 Å². The molecule has 0 unspecified atom stereocenters. The van der Waals surface area contributed by atoms with E-state index in [-0.39, 0.29) is 5.91 Å². The van der Waals surface area contributed by atoms with Gasteiger partial charge in [-0.05, 0) is 55.9 Å². The average molecular weight is 269 g/mol. The molecule has 0 radical (unpaired) electrons. The molecule has 2 aromatic rings. The van der Waals surface area contributed by atoms with E-state index in [4.69, 9.17) is 5.73 Å². The Bertz CT molecular complexity index is 658. The Morgan fingerprint density at radius 1 is 1.35 bits per heavy atom. The summed E-state index contributed by atoms with van der Waals surface area (Å²) in [5.74, 6) is -0.375. The van der Waals surface area contributed by atoms with E-state index in [9.17, 15) is 4.79 Å². The third-order valence-electron chi connectivity index (χ3n) is 4.08. The first-order chi connectivity index (χ1) is 9.65. The molecule has 104 valence electrons. The van der Waals surface area contributed by atoms with Crippen molar-refractivity contribution in [1.29, 1.82) is 0 Å². The van der Waals surface area contributed by atoms with Crippen LogP contribution in [0.15, 0.2) is 24.5 Å². The number of rotatable bonds is 3. The molecule has 20 heavy (non-hydrogen) atoms. The van der Waals surface area contributed by atoms with E-state index in [0.717, 1.165) is 24.9 Å². The number of imidazole rings is 1. The maximum atomic E-state index is 11.2. The van der Waals surface area contributed by atoms with Crippen LogP contribution in [-0.2, 0) is 19.4 Å². The standard InChI is InChI=1S/C16H19N3O/c1-11-8-12(16(17)20)6-7-13(11)9-19-10-18-14-4-2-3-5-15(14)19/h6-8,10H,2-5,9H2,1H3,(H2,17,20). The molecule has 0 bridgehead atoms. The van der Waals surface area contributed by atoms with Gasteiger partial charge in [-0.2, -0.15) is 0 Å². The number of fused-ring (bicyclic) bond motifs is 1. The Kier molecular flexibility index (Phi) is 3.30. The summed E-state index contributed by atoms with van der Waals surface area (Å²) in [6.45, 7) is 2.83. The lowest BCUT2D eigenvalue weighted by molar-refractivity contribution is 0.1000. The number of nitrogens with two attached hydrogens (primary N) is 1. The third kappa shape index (κ3) is 2.33. The minimum atomic E-state index is -0.375. The van der Waals surface area contributed by atoms with Gasteiger partial charge in [0.2, 0.25) is 5.91 Å². The van der Waals surface area contributed by atoms with Gasteiger partial charge in [0.05, 0.1) is 12.0 Å². The smallest absolute Gasteiger partial charge is 0.248 e. The fourth-order valence-corrected chi connectivity index (χ4v) is 2.88. The first-order valence-electron chi connectivity index (χ1n) is 7.07. The molecule has 1 aliphatic carbocycles. The van der Waals surface area contributed by atoms with Gasteiger partial charge in [0.1, 0.15) is 0 Å². The van der Waals surface area contributed by atoms with Crippen LogP contribution < -0.4 is 5.73 Å². The van der Waals surface area contributed by atoms with Crippen LogP contribution in [0.3, 0.4) is 0 Å². The van der Waals surface area contributed by atoms with Crippen molar-refractivity contribution in [3.8, 4) is 0 Å². The van der Waals surface area contributed by atoms with Crippen LogP contribution in [0.2, 0.25) is 0 Å². The maximum Gasteiger partial charge on any atom is 0.248 e. The molecule has 0 saturated carbocycles. The zero-order valence-corrected chi connectivity index (χ0v) is 11.7. The fraction of sp³-hybridized carbons (Fsp3) is 0.375. The van der Waals surface area contributed by atoms with Crippen molar-refractivity contribution in [2.45, 2.75) is 39.2 Å². The van der Waals surface area contributed by atoms with Gasteiger partial charge in [-0.1, -0.05) is 6.07 Å². The lowest BCUT2D eigenvalue weighted by Crippen LogP contribution is -2.12. The summed E-state index contributed by atoms with van der Waals surface area (Å²) in [5.41, 5.74) is 10.8. The molecule has 0 aliphatic heterocycles. The Hall–Kier alpha value is -2.10. The molecule has 1 heterocycles. The van der Waals surface area contributed by atoms with E-state index in [2.05, 4.69) is 9.55 Å². The first kappa shape index (κ1) is 12.9. The largest absolute Gasteiger partial charge is 0.366 e. The van der Waals surface area contributed by atoms with Crippen LogP contribution in [-0.4, -0.2) is 15.5 Å². The topological polar surface area (TPSA) is 60.9 Å². The molecule has 4 nitrogen and oxygen atoms in total. The molecule has 0 fully saturated rings. The van der Waals surface area contributed by atoms with E-state index in [1.807, 2.05) is 25.4 Å². The minimum absolute atomic E-state index is 0.375. The highest BCUT2D eigenvalue weighted by atomic mass is 16.1. The van der Waals surface area contributed by atoms with Gasteiger partial charge in [-0.25, -0.2) is 4.98 Å². The van der Waals surface area contributed by atoms with Crippen molar-refractivity contribution in [2.75, 3.05) is 0 Å². The van der Waals surface area contributed by atoms with E-state index in [0.29, 0.717) is 5.56 Å². The summed E-state index contributed by atoms with van der Waals surface area (Å²) in [5, 5.41) is 0. The van der Waals surface area contributed by atoms with E-state index in [1.54, 1.807) is 6.07 Å². The zero-order valence-electron chi connectivity index (χ0n) is 11.7. The number of aromatic nitrogens is 2. The SMILES string of the molecule is Cc1cc(C(N)=O)ccc1Cn1cnc2c1CCCC2. The van der Waals surface area contributed by atoms with Gasteiger partial charge in [0, 0.05) is 17.8 Å². The van der Waals surface area contributed by atoms with Crippen molar-refractivity contribution in [2.24, 2.45) is 5.73 Å². The molecule has 0 saturated heterocycles. The number of amides is 1. The molecule has 0 spiro atoms. The van der Waals surface area contributed by atoms with Gasteiger partial charge < -0.3 is 10.3 Å². The molecular weight excluding hydrogens is 250 g/mol. The minimum Gasteiger partial charge on any atom is -0.366 e. The molecule has 1 aromatic heterocycles. The van der Waals surface area contributed by atoms with Crippen LogP contribution in [0.25, 0.3) is 0 Å². The monoisotopic (exact) mass is 269 g/mol. The number of aryl methyl sites for hydroxylation is 2. The van der Waals surface area contributed by atoms with Gasteiger partial charge in [0.15, 0.2) is 0 Å². The van der Waals surface area contributed by atoms with Crippen molar-refractivity contribution >= 4 is 5.91 Å². The highest BCUT2D eigenvalue weighted by Crippen LogP contribution is 2.21. The van der Waals surface area contributed by atoms with Crippen LogP contribution in [0, 0.1) is 6.92 Å². The molecule has 0 atom stereocenters. The van der Waals surface area contributed by atoms with Gasteiger partial charge in [0.25, 0.3) is 0 Å². The number of carbonyl (C=O) groups is 1. The highest BCUT2D eigenvalue weighted by Gasteiger charge is 2.15. The van der Waals surface area contributed by atoms with Crippen molar-refractivity contribution < 1.29 is 4.79 Å². The Labute approximate surface area is 118 Å². The molecule has 3 rings (SSSR count). The van der Waals surface area contributed by atoms with Crippen LogP contribution in [0.4, 0.5) is 0 Å². The van der Waals surface area contributed by atoms with Gasteiger partial charge >= 0.3 is 0 Å². The number of benzene rings is 1. The molecule has 2 N–H and O–H groups in total. The highest BCUT2D eigenvalue weighted by molar-refractivity contribution is 5.93. The van der Waals surface area contributed by atoms with Crippen LogP contribution >= 0.6 is 0 Å². The molecule has 1 amide bonds. The summed E-state index contributed by atoms with van der Waals surface area (Å²) >= 11 is 0. The van der Waals surface area contributed by atoms with Crippen LogP contribution in [0.1, 0.15) is 45.7 Å². The second kappa shape index (κ2) is 5.12. The summed E-state index contributed by atoms with van der Waals surface area (Å²) in [6, 6.07) is 5.65. The van der Waals surface area contributed by atoms with E-state index in [1.165, 1.54) is 29.8 Å². The predicted octanol–water partition coefficient (Wildman–Crippen LogP) is 2.22. The number of hydrogen-bond donors (Lipinski definition) is 1.